The molecule has 2 heteroatoms. The Labute approximate surface area is 105 Å². The maximum absolute atomic E-state index is 11.0. The predicted molar refractivity (Wildman–Crippen MR) is 74.5 cm³/mol. The lowest BCUT2D eigenvalue weighted by atomic mass is 10.0. The van der Waals surface area contributed by atoms with E-state index >= 15 is 0 Å². The summed E-state index contributed by atoms with van der Waals surface area (Å²) >= 11 is 0. The van der Waals surface area contributed by atoms with Gasteiger partial charge in [-0.15, -0.1) is 0 Å². The van der Waals surface area contributed by atoms with Crippen molar-refractivity contribution in [3.8, 4) is 0 Å². The fraction of sp³-hybridized carbons (Fsp3) is 0.400. The smallest absolute Gasteiger partial charge is 0.244 e. The minimum absolute atomic E-state index is 0.363. The Hall–Kier alpha value is -1.57. The molecule has 0 atom stereocenters. The first-order valence-corrected chi connectivity index (χ1v) is 5.73. The molecule has 0 bridgehead atoms. The van der Waals surface area contributed by atoms with Gasteiger partial charge < -0.3 is 5.73 Å². The van der Waals surface area contributed by atoms with Crippen LogP contribution in [0.2, 0.25) is 0 Å². The Bertz CT molecular complexity index is 416. The number of amides is 1. The molecule has 0 aliphatic heterocycles. The zero-order valence-electron chi connectivity index (χ0n) is 11.7. The van der Waals surface area contributed by atoms with Gasteiger partial charge >= 0.3 is 0 Å². The molecule has 0 aromatic heterocycles. The molecule has 0 spiro atoms. The van der Waals surface area contributed by atoms with E-state index in [9.17, 15) is 4.79 Å². The fourth-order valence-corrected chi connectivity index (χ4v) is 1.16. The monoisotopic (exact) mass is 233 g/mol. The van der Waals surface area contributed by atoms with Crippen LogP contribution in [-0.2, 0) is 4.79 Å². The number of nitrogens with two attached hydrogens (primary N) is 1. The van der Waals surface area contributed by atoms with Crippen molar-refractivity contribution in [3.63, 3.8) is 0 Å². The average Bonchev–Trinajstić information content (AvgIpc) is 2.24. The lowest BCUT2D eigenvalue weighted by Crippen LogP contribution is -2.12. The second-order valence-corrected chi connectivity index (χ2v) is 4.59. The number of allylic oxidation sites excluding steroid dienone is 7. The molecule has 94 valence electrons. The van der Waals surface area contributed by atoms with Crippen LogP contribution in [0.5, 0.6) is 0 Å². The van der Waals surface area contributed by atoms with Crippen molar-refractivity contribution in [1.82, 2.24) is 0 Å². The highest BCUT2D eigenvalue weighted by Crippen LogP contribution is 2.14. The van der Waals surface area contributed by atoms with Gasteiger partial charge in [0.2, 0.25) is 5.91 Å². The van der Waals surface area contributed by atoms with Crippen LogP contribution < -0.4 is 5.73 Å². The molecule has 0 saturated carbocycles. The molecular formula is C15H23NO. The van der Waals surface area contributed by atoms with Gasteiger partial charge in [0, 0.05) is 5.57 Å². The highest BCUT2D eigenvalue weighted by atomic mass is 16.1. The molecular weight excluding hydrogens is 210 g/mol. The van der Waals surface area contributed by atoms with Gasteiger partial charge in [-0.25, -0.2) is 0 Å². The van der Waals surface area contributed by atoms with Crippen LogP contribution in [0.4, 0.5) is 0 Å². The van der Waals surface area contributed by atoms with Crippen LogP contribution in [0.25, 0.3) is 0 Å². The van der Waals surface area contributed by atoms with Gasteiger partial charge in [-0.2, -0.15) is 0 Å². The maximum atomic E-state index is 11.0. The van der Waals surface area contributed by atoms with Crippen LogP contribution in [0.3, 0.4) is 0 Å². The number of carbonyl (C=O) groups excluding carboxylic acids is 1. The van der Waals surface area contributed by atoms with E-state index in [1.165, 1.54) is 11.1 Å². The number of carbonyl (C=O) groups is 1. The SMILES string of the molecule is CC(C)=C/C=C(C)/C(C)=C/C(C)=C(\C)C(N)=O. The third kappa shape index (κ3) is 5.91. The third-order valence-corrected chi connectivity index (χ3v) is 2.68. The molecule has 0 aromatic carbocycles. The summed E-state index contributed by atoms with van der Waals surface area (Å²) in [5.41, 5.74) is 10.3. The topological polar surface area (TPSA) is 43.1 Å². The van der Waals surface area contributed by atoms with Crippen LogP contribution in [0, 0.1) is 0 Å². The van der Waals surface area contributed by atoms with Crippen LogP contribution >= 0.6 is 0 Å². The molecule has 17 heavy (non-hydrogen) atoms. The molecule has 2 nitrogen and oxygen atoms in total. The van der Waals surface area contributed by atoms with Crippen molar-refractivity contribution in [3.05, 3.63) is 46.1 Å². The predicted octanol–water partition coefficient (Wildman–Crippen LogP) is 3.67. The van der Waals surface area contributed by atoms with E-state index in [2.05, 4.69) is 32.9 Å². The minimum Gasteiger partial charge on any atom is -0.366 e. The second kappa shape index (κ2) is 6.89. The summed E-state index contributed by atoms with van der Waals surface area (Å²) in [6.45, 7) is 11.9. The first-order chi connectivity index (χ1) is 7.75. The van der Waals surface area contributed by atoms with E-state index in [0.29, 0.717) is 5.57 Å². The van der Waals surface area contributed by atoms with Crippen molar-refractivity contribution < 1.29 is 4.79 Å². The van der Waals surface area contributed by atoms with Crippen LogP contribution in [0.1, 0.15) is 41.5 Å². The Morgan fingerprint density at radius 1 is 0.882 bits per heavy atom. The Morgan fingerprint density at radius 2 is 1.41 bits per heavy atom. The van der Waals surface area contributed by atoms with Gasteiger partial charge in [0.1, 0.15) is 0 Å². The van der Waals surface area contributed by atoms with Crippen molar-refractivity contribution >= 4 is 5.91 Å². The van der Waals surface area contributed by atoms with Gasteiger partial charge in [-0.1, -0.05) is 23.8 Å². The molecule has 0 rings (SSSR count). The number of rotatable bonds is 4. The summed E-state index contributed by atoms with van der Waals surface area (Å²) < 4.78 is 0. The highest BCUT2D eigenvalue weighted by Gasteiger charge is 2.01. The summed E-state index contributed by atoms with van der Waals surface area (Å²) in [7, 11) is 0. The summed E-state index contributed by atoms with van der Waals surface area (Å²) in [6.07, 6.45) is 6.14. The number of hydrogen-bond donors (Lipinski definition) is 1. The lowest BCUT2D eigenvalue weighted by molar-refractivity contribution is -0.114. The molecule has 0 aliphatic rings. The first kappa shape index (κ1) is 15.4. The standard InChI is InChI=1S/C15H23NO/c1-10(2)7-8-11(3)12(4)9-13(5)14(6)15(16)17/h7-9H,1-6H3,(H2,16,17)/b11-8+,12-9+,14-13+. The number of hydrogen-bond acceptors (Lipinski definition) is 1. The van der Waals surface area contributed by atoms with Crippen molar-refractivity contribution in [2.24, 2.45) is 5.73 Å². The van der Waals surface area contributed by atoms with Gasteiger partial charge in [0.15, 0.2) is 0 Å². The largest absolute Gasteiger partial charge is 0.366 e. The summed E-state index contributed by atoms with van der Waals surface area (Å²) in [4.78, 5) is 11.0. The van der Waals surface area contributed by atoms with Crippen molar-refractivity contribution in [1.29, 1.82) is 0 Å². The summed E-state index contributed by atoms with van der Waals surface area (Å²) in [5.74, 6) is -0.363. The Morgan fingerprint density at radius 3 is 1.82 bits per heavy atom. The molecule has 1 amide bonds. The molecule has 0 saturated heterocycles. The first-order valence-electron chi connectivity index (χ1n) is 5.73. The van der Waals surface area contributed by atoms with E-state index in [-0.39, 0.29) is 5.91 Å². The third-order valence-electron chi connectivity index (χ3n) is 2.68. The highest BCUT2D eigenvalue weighted by molar-refractivity contribution is 5.92. The molecule has 2 N–H and O–H groups in total. The zero-order chi connectivity index (χ0) is 13.6. The van der Waals surface area contributed by atoms with E-state index in [1.54, 1.807) is 6.92 Å². The van der Waals surface area contributed by atoms with Gasteiger partial charge in [0.25, 0.3) is 0 Å². The normalized spacial score (nSPS) is 14.2. The molecule has 0 aliphatic carbocycles. The Balaban J connectivity index is 5.13. The number of primary amides is 1. The van der Waals surface area contributed by atoms with Crippen LogP contribution in [0.15, 0.2) is 46.1 Å². The van der Waals surface area contributed by atoms with E-state index in [4.69, 9.17) is 5.73 Å². The second-order valence-electron chi connectivity index (χ2n) is 4.59. The minimum atomic E-state index is -0.363. The molecule has 0 aromatic rings. The van der Waals surface area contributed by atoms with Gasteiger partial charge in [0.05, 0.1) is 0 Å². The molecule has 0 radical (unpaired) electrons. The van der Waals surface area contributed by atoms with Crippen LogP contribution in [-0.4, -0.2) is 5.91 Å². The quantitative estimate of drug-likeness (QED) is 0.584. The average molecular weight is 233 g/mol. The summed E-state index contributed by atoms with van der Waals surface area (Å²) in [6, 6.07) is 0. The van der Waals surface area contributed by atoms with E-state index in [0.717, 1.165) is 11.1 Å². The summed E-state index contributed by atoms with van der Waals surface area (Å²) in [5, 5.41) is 0. The van der Waals surface area contributed by atoms with E-state index < -0.39 is 0 Å². The molecule has 0 heterocycles. The zero-order valence-corrected chi connectivity index (χ0v) is 11.7. The lowest BCUT2D eigenvalue weighted by Gasteiger charge is -2.04. The van der Waals surface area contributed by atoms with E-state index in [1.807, 2.05) is 19.9 Å². The van der Waals surface area contributed by atoms with Gasteiger partial charge in [-0.05, 0) is 58.3 Å². The van der Waals surface area contributed by atoms with Crippen molar-refractivity contribution in [2.75, 3.05) is 0 Å². The molecule has 0 unspecified atom stereocenters. The van der Waals surface area contributed by atoms with Gasteiger partial charge in [-0.3, -0.25) is 4.79 Å². The fourth-order valence-electron chi connectivity index (χ4n) is 1.16. The maximum Gasteiger partial charge on any atom is 0.244 e. The Kier molecular flexibility index (Phi) is 6.26. The molecule has 0 fully saturated rings. The van der Waals surface area contributed by atoms with Crippen molar-refractivity contribution in [2.45, 2.75) is 41.5 Å².